The number of rotatable bonds is 3. The molecule has 1 amide bonds. The molecule has 1 heterocycles. The number of hydroxylamine groups is 2. The van der Waals surface area contributed by atoms with E-state index in [1.54, 1.807) is 6.92 Å². The van der Waals surface area contributed by atoms with Gasteiger partial charge in [-0.15, -0.1) is 10.1 Å². The first-order valence-electron chi connectivity index (χ1n) is 3.05. The Labute approximate surface area is 73.7 Å². The molecule has 0 radical (unpaired) electrons. The summed E-state index contributed by atoms with van der Waals surface area (Å²) in [5.41, 5.74) is 0. The molecule has 11 heavy (non-hydrogen) atoms. The number of carbonyl (C=O) groups is 1. The fourth-order valence-electron chi connectivity index (χ4n) is 0.520. The molecule has 0 aromatic carbocycles. The lowest BCUT2D eigenvalue weighted by Gasteiger charge is -2.10. The summed E-state index contributed by atoms with van der Waals surface area (Å²) < 4.78 is 0.406. The zero-order chi connectivity index (χ0) is 8.27. The van der Waals surface area contributed by atoms with E-state index in [1.165, 1.54) is 11.8 Å². The molecule has 0 atom stereocenters. The van der Waals surface area contributed by atoms with Crippen LogP contribution in [0.15, 0.2) is 0 Å². The Bertz CT molecular complexity index is 169. The summed E-state index contributed by atoms with van der Waals surface area (Å²) in [7, 11) is 0. The van der Waals surface area contributed by atoms with Gasteiger partial charge in [-0.2, -0.15) is 0 Å². The van der Waals surface area contributed by atoms with E-state index in [9.17, 15) is 4.79 Å². The minimum Gasteiger partial charge on any atom is -0.271 e. The van der Waals surface area contributed by atoms with E-state index in [0.29, 0.717) is 16.7 Å². The van der Waals surface area contributed by atoms with Crippen molar-refractivity contribution in [2.45, 2.75) is 6.92 Å². The Morgan fingerprint density at radius 1 is 1.82 bits per heavy atom. The van der Waals surface area contributed by atoms with E-state index in [1.807, 2.05) is 0 Å². The molecule has 1 rings (SSSR count). The second-order valence-electron chi connectivity index (χ2n) is 1.72. The van der Waals surface area contributed by atoms with E-state index < -0.39 is 0 Å². The van der Waals surface area contributed by atoms with Gasteiger partial charge in [0, 0.05) is 0 Å². The van der Waals surface area contributed by atoms with Gasteiger partial charge in [-0.1, -0.05) is 11.8 Å². The molecule has 6 heteroatoms. The molecule has 1 aliphatic heterocycles. The van der Waals surface area contributed by atoms with Crippen LogP contribution in [0.1, 0.15) is 6.92 Å². The maximum Gasteiger partial charge on any atom is 0.265 e. The van der Waals surface area contributed by atoms with Gasteiger partial charge in [-0.05, 0) is 19.1 Å². The Balaban J connectivity index is 2.41. The van der Waals surface area contributed by atoms with Crippen molar-refractivity contribution in [1.29, 1.82) is 0 Å². The van der Waals surface area contributed by atoms with Crippen LogP contribution < -0.4 is 0 Å². The quantitative estimate of drug-likeness (QED) is 0.375. The largest absolute Gasteiger partial charge is 0.271 e. The highest BCUT2D eigenvalue weighted by Crippen LogP contribution is 2.19. The van der Waals surface area contributed by atoms with Crippen LogP contribution in [0, 0.1) is 0 Å². The lowest BCUT2D eigenvalue weighted by Crippen LogP contribution is -2.28. The molecule has 0 aromatic heterocycles. The lowest BCUT2D eigenvalue weighted by atomic mass is 10.7. The lowest BCUT2D eigenvalue weighted by molar-refractivity contribution is -0.382. The average molecular weight is 193 g/mol. The zero-order valence-corrected chi connectivity index (χ0v) is 7.54. The van der Waals surface area contributed by atoms with Crippen molar-refractivity contribution in [2.75, 3.05) is 12.4 Å². The molecular formula is C5H7NO3S2. The molecule has 0 bridgehead atoms. The first kappa shape index (κ1) is 8.92. The Morgan fingerprint density at radius 3 is 3.00 bits per heavy atom. The van der Waals surface area contributed by atoms with Crippen LogP contribution in [0.25, 0.3) is 0 Å². The third-order valence-corrected chi connectivity index (χ3v) is 2.28. The molecule has 0 unspecified atom stereocenters. The Hall–Kier alpha value is -0.170. The Kier molecular flexibility index (Phi) is 3.25. The predicted molar refractivity (Wildman–Crippen MR) is 44.6 cm³/mol. The number of thiocarbonyl (C=S) groups is 1. The van der Waals surface area contributed by atoms with Crippen LogP contribution in [0.2, 0.25) is 0 Å². The van der Waals surface area contributed by atoms with Gasteiger partial charge in [0.15, 0.2) is 4.32 Å². The van der Waals surface area contributed by atoms with Crippen LogP contribution in [-0.2, 0) is 14.7 Å². The molecule has 0 saturated carbocycles. The molecule has 4 nitrogen and oxygen atoms in total. The monoisotopic (exact) mass is 193 g/mol. The molecule has 0 N–H and O–H groups in total. The van der Waals surface area contributed by atoms with E-state index in [0.717, 1.165) is 5.06 Å². The number of amides is 1. The van der Waals surface area contributed by atoms with E-state index in [2.05, 4.69) is 9.88 Å². The predicted octanol–water partition coefficient (Wildman–Crippen LogP) is 0.730. The highest BCUT2D eigenvalue weighted by atomic mass is 32.2. The second-order valence-corrected chi connectivity index (χ2v) is 3.33. The van der Waals surface area contributed by atoms with Crippen molar-refractivity contribution in [3.63, 3.8) is 0 Å². The number of hydrogen-bond acceptors (Lipinski definition) is 5. The standard InChI is InChI=1S/C5H7NO3S2/c1-2-8-9-6-4(7)3-11-5(6)10/h2-3H2,1H3. The normalized spacial score (nSPS) is 18.1. The molecule has 62 valence electrons. The minimum absolute atomic E-state index is 0.173. The number of nitrogens with zero attached hydrogens (tertiary/aromatic N) is 1. The fraction of sp³-hybridized carbons (Fsp3) is 0.600. The van der Waals surface area contributed by atoms with Crippen molar-refractivity contribution in [3.05, 3.63) is 0 Å². The summed E-state index contributed by atoms with van der Waals surface area (Å²) in [5.74, 6) is 0.166. The topological polar surface area (TPSA) is 38.8 Å². The maximum atomic E-state index is 10.9. The summed E-state index contributed by atoms with van der Waals surface area (Å²) in [6.07, 6.45) is 0. The molecule has 0 aromatic rings. The van der Waals surface area contributed by atoms with Gasteiger partial charge in [0.05, 0.1) is 12.4 Å². The van der Waals surface area contributed by atoms with E-state index >= 15 is 0 Å². The van der Waals surface area contributed by atoms with Gasteiger partial charge in [0.1, 0.15) is 0 Å². The van der Waals surface area contributed by atoms with Crippen LogP contribution >= 0.6 is 24.0 Å². The maximum absolute atomic E-state index is 10.9. The smallest absolute Gasteiger partial charge is 0.265 e. The van der Waals surface area contributed by atoms with Crippen molar-refractivity contribution in [2.24, 2.45) is 0 Å². The summed E-state index contributed by atoms with van der Waals surface area (Å²) in [6.45, 7) is 2.15. The van der Waals surface area contributed by atoms with Gasteiger partial charge in [-0.3, -0.25) is 4.79 Å². The SMILES string of the molecule is CCOON1C(=O)CSC1=S. The molecular weight excluding hydrogens is 186 g/mol. The first-order chi connectivity index (χ1) is 5.25. The molecule has 1 saturated heterocycles. The summed E-state index contributed by atoms with van der Waals surface area (Å²) >= 11 is 6.06. The van der Waals surface area contributed by atoms with Gasteiger partial charge in [0.2, 0.25) is 0 Å². The van der Waals surface area contributed by atoms with Crippen molar-refractivity contribution < 1.29 is 14.7 Å². The second kappa shape index (κ2) is 4.01. The van der Waals surface area contributed by atoms with Gasteiger partial charge in [0.25, 0.3) is 5.91 Å². The first-order valence-corrected chi connectivity index (χ1v) is 4.44. The van der Waals surface area contributed by atoms with Gasteiger partial charge >= 0.3 is 0 Å². The van der Waals surface area contributed by atoms with Gasteiger partial charge < -0.3 is 0 Å². The van der Waals surface area contributed by atoms with E-state index in [-0.39, 0.29) is 5.91 Å². The third kappa shape index (κ3) is 2.13. The summed E-state index contributed by atoms with van der Waals surface area (Å²) in [5, 5.41) is 0.990. The Morgan fingerprint density at radius 2 is 2.55 bits per heavy atom. The summed E-state index contributed by atoms with van der Waals surface area (Å²) in [4.78, 5) is 20.1. The van der Waals surface area contributed by atoms with Gasteiger partial charge in [-0.25, -0.2) is 4.89 Å². The zero-order valence-electron chi connectivity index (χ0n) is 5.90. The number of thioether (sulfide) groups is 1. The fourth-order valence-corrected chi connectivity index (χ4v) is 1.44. The van der Waals surface area contributed by atoms with Crippen LogP contribution in [0.4, 0.5) is 0 Å². The third-order valence-electron chi connectivity index (χ3n) is 0.957. The van der Waals surface area contributed by atoms with Crippen molar-refractivity contribution in [1.82, 2.24) is 5.06 Å². The van der Waals surface area contributed by atoms with E-state index in [4.69, 9.17) is 12.2 Å². The average Bonchev–Trinajstić information content (AvgIpc) is 2.29. The molecule has 1 aliphatic rings. The molecule has 0 spiro atoms. The summed E-state index contributed by atoms with van der Waals surface area (Å²) in [6, 6.07) is 0. The number of carbonyl (C=O) groups excluding carboxylic acids is 1. The molecule has 0 aliphatic carbocycles. The van der Waals surface area contributed by atoms with Crippen LogP contribution in [-0.4, -0.2) is 27.7 Å². The highest BCUT2D eigenvalue weighted by molar-refractivity contribution is 8.23. The number of hydrogen-bond donors (Lipinski definition) is 0. The van der Waals surface area contributed by atoms with Crippen LogP contribution in [0.5, 0.6) is 0 Å². The highest BCUT2D eigenvalue weighted by Gasteiger charge is 2.28. The van der Waals surface area contributed by atoms with Crippen LogP contribution in [0.3, 0.4) is 0 Å². The van der Waals surface area contributed by atoms with Crippen molar-refractivity contribution in [3.8, 4) is 0 Å². The molecule has 1 fully saturated rings. The minimum atomic E-state index is -0.173. The van der Waals surface area contributed by atoms with Crippen molar-refractivity contribution >= 4 is 34.2 Å².